The molecule has 0 bridgehead atoms. The van der Waals surface area contributed by atoms with Crippen molar-refractivity contribution in [2.24, 2.45) is 11.8 Å². The highest BCUT2D eigenvalue weighted by molar-refractivity contribution is 6.15. The van der Waals surface area contributed by atoms with Gasteiger partial charge in [-0.15, -0.1) is 0 Å². The molecule has 2 amide bonds. The first-order valence-electron chi connectivity index (χ1n) is 7.00. The molecule has 4 aliphatic rings. The number of carbonyl (C=O) groups is 2. The minimum Gasteiger partial charge on any atom is -0.373 e. The lowest BCUT2D eigenvalue weighted by Crippen LogP contribution is -2.49. The van der Waals surface area contributed by atoms with E-state index in [1.807, 2.05) is 36.5 Å². The van der Waals surface area contributed by atoms with Crippen molar-refractivity contribution in [2.75, 3.05) is 13.2 Å². The Hall–Kier alpha value is -1.94. The van der Waals surface area contributed by atoms with Gasteiger partial charge in [0.1, 0.15) is 0 Å². The maximum atomic E-state index is 12.5. The molecule has 2 heterocycles. The molecule has 2 saturated heterocycles. The van der Waals surface area contributed by atoms with Crippen LogP contribution in [0, 0.1) is 11.8 Å². The summed E-state index contributed by atoms with van der Waals surface area (Å²) >= 11 is 0. The van der Waals surface area contributed by atoms with E-state index >= 15 is 0 Å². The highest BCUT2D eigenvalue weighted by Gasteiger charge is 2.44. The molecule has 0 radical (unpaired) electrons. The molecule has 4 rings (SSSR count). The predicted octanol–water partition coefficient (Wildman–Crippen LogP) is 1.37. The molecule has 102 valence electrons. The van der Waals surface area contributed by atoms with E-state index in [0.29, 0.717) is 6.54 Å². The van der Waals surface area contributed by atoms with Gasteiger partial charge in [0.05, 0.1) is 12.7 Å². The molecular formula is C16H15NO3. The number of rotatable bonds is 3. The number of amides is 2. The van der Waals surface area contributed by atoms with Gasteiger partial charge in [0, 0.05) is 29.5 Å². The lowest BCUT2D eigenvalue weighted by Gasteiger charge is -2.39. The molecule has 0 spiro atoms. The van der Waals surface area contributed by atoms with Gasteiger partial charge in [0.15, 0.2) is 0 Å². The first-order chi connectivity index (χ1) is 9.75. The Labute approximate surface area is 117 Å². The fraction of sp³-hybridized carbons (Fsp3) is 0.375. The van der Waals surface area contributed by atoms with Crippen LogP contribution < -0.4 is 0 Å². The molecule has 1 atom stereocenters. The lowest BCUT2D eigenvalue weighted by atomic mass is 9.72. The Kier molecular flexibility index (Phi) is 2.54. The Balaban J connectivity index is 1.68. The number of nitrogens with zero attached hydrogens (tertiary/aromatic N) is 1. The van der Waals surface area contributed by atoms with Crippen molar-refractivity contribution in [3.05, 3.63) is 47.6 Å². The van der Waals surface area contributed by atoms with Crippen molar-refractivity contribution in [3.8, 4) is 0 Å². The fourth-order valence-corrected chi connectivity index (χ4v) is 3.17. The second-order valence-electron chi connectivity index (χ2n) is 5.57. The first-order valence-corrected chi connectivity index (χ1v) is 7.00. The van der Waals surface area contributed by atoms with E-state index < -0.39 is 0 Å². The summed E-state index contributed by atoms with van der Waals surface area (Å²) in [5.41, 5.74) is 1.48. The average molecular weight is 269 g/mol. The Morgan fingerprint density at radius 3 is 2.25 bits per heavy atom. The Bertz CT molecular complexity index is 563. The topological polar surface area (TPSA) is 49.9 Å². The zero-order valence-corrected chi connectivity index (χ0v) is 11.0. The van der Waals surface area contributed by atoms with E-state index in [4.69, 9.17) is 4.74 Å². The van der Waals surface area contributed by atoms with E-state index in [9.17, 15) is 9.59 Å². The van der Waals surface area contributed by atoms with Crippen LogP contribution >= 0.6 is 0 Å². The number of piperidine rings is 1. The number of ether oxygens (including phenoxy) is 1. The van der Waals surface area contributed by atoms with Crippen molar-refractivity contribution >= 4 is 11.8 Å². The van der Waals surface area contributed by atoms with Gasteiger partial charge < -0.3 is 4.74 Å². The molecule has 4 nitrogen and oxygen atoms in total. The molecule has 1 unspecified atom stereocenters. The number of hydrogen-bond acceptors (Lipinski definition) is 3. The smallest absolute Gasteiger partial charge is 0.257 e. The third-order valence-electron chi connectivity index (χ3n) is 4.33. The van der Waals surface area contributed by atoms with Crippen molar-refractivity contribution < 1.29 is 14.3 Å². The van der Waals surface area contributed by atoms with Crippen LogP contribution in [0.4, 0.5) is 0 Å². The van der Waals surface area contributed by atoms with Crippen LogP contribution in [0.5, 0.6) is 0 Å². The van der Waals surface area contributed by atoms with Crippen molar-refractivity contribution in [2.45, 2.75) is 12.5 Å². The number of allylic oxidation sites excluding steroid dienone is 6. The second kappa shape index (κ2) is 4.28. The van der Waals surface area contributed by atoms with Gasteiger partial charge >= 0.3 is 0 Å². The molecule has 0 aromatic heterocycles. The minimum absolute atomic E-state index is 0.0848. The maximum Gasteiger partial charge on any atom is 0.257 e. The minimum atomic E-state index is -0.137. The SMILES string of the molecule is O=C1C2=CC=CC3C=CC=C(C(=O)N1CCC1CO1)C23. The van der Waals surface area contributed by atoms with Gasteiger partial charge in [-0.3, -0.25) is 14.5 Å². The number of imide groups is 1. The predicted molar refractivity (Wildman–Crippen MR) is 72.5 cm³/mol. The fourth-order valence-electron chi connectivity index (χ4n) is 3.17. The van der Waals surface area contributed by atoms with Gasteiger partial charge in [0.2, 0.25) is 0 Å². The van der Waals surface area contributed by atoms with Gasteiger partial charge in [-0.1, -0.05) is 36.5 Å². The molecule has 0 aromatic carbocycles. The number of epoxide rings is 1. The first kappa shape index (κ1) is 11.9. The van der Waals surface area contributed by atoms with Crippen LogP contribution in [-0.4, -0.2) is 36.0 Å². The third-order valence-corrected chi connectivity index (χ3v) is 4.33. The highest BCUT2D eigenvalue weighted by Crippen LogP contribution is 2.41. The molecule has 20 heavy (non-hydrogen) atoms. The molecule has 2 aliphatic carbocycles. The van der Waals surface area contributed by atoms with E-state index in [1.54, 1.807) is 0 Å². The largest absolute Gasteiger partial charge is 0.373 e. The van der Waals surface area contributed by atoms with Crippen molar-refractivity contribution in [1.82, 2.24) is 4.90 Å². The van der Waals surface area contributed by atoms with E-state index in [2.05, 4.69) is 0 Å². The summed E-state index contributed by atoms with van der Waals surface area (Å²) in [4.78, 5) is 26.5. The van der Waals surface area contributed by atoms with Crippen molar-refractivity contribution in [1.29, 1.82) is 0 Å². The summed E-state index contributed by atoms with van der Waals surface area (Å²) in [7, 11) is 0. The third kappa shape index (κ3) is 1.72. The number of likely N-dealkylation sites (tertiary alicyclic amines) is 1. The van der Waals surface area contributed by atoms with Crippen molar-refractivity contribution in [3.63, 3.8) is 0 Å². The van der Waals surface area contributed by atoms with Gasteiger partial charge in [0.25, 0.3) is 11.8 Å². The monoisotopic (exact) mass is 269 g/mol. The van der Waals surface area contributed by atoms with Crippen LogP contribution in [0.3, 0.4) is 0 Å². The molecule has 4 heteroatoms. The van der Waals surface area contributed by atoms with Gasteiger partial charge in [-0.25, -0.2) is 0 Å². The van der Waals surface area contributed by atoms with Gasteiger partial charge in [-0.2, -0.15) is 0 Å². The molecular weight excluding hydrogens is 254 g/mol. The van der Waals surface area contributed by atoms with Crippen LogP contribution in [0.15, 0.2) is 47.6 Å². The molecule has 0 aromatic rings. The molecule has 0 saturated carbocycles. The van der Waals surface area contributed by atoms with Crippen LogP contribution in [0.1, 0.15) is 6.42 Å². The van der Waals surface area contributed by atoms with Gasteiger partial charge in [-0.05, 0) is 6.42 Å². The van der Waals surface area contributed by atoms with Crippen LogP contribution in [0.2, 0.25) is 0 Å². The molecule has 2 fully saturated rings. The number of hydrogen-bond donors (Lipinski definition) is 0. The zero-order chi connectivity index (χ0) is 13.7. The number of carbonyl (C=O) groups excluding carboxylic acids is 2. The molecule has 2 aliphatic heterocycles. The maximum absolute atomic E-state index is 12.5. The van der Waals surface area contributed by atoms with Crippen LogP contribution in [-0.2, 0) is 14.3 Å². The quantitative estimate of drug-likeness (QED) is 0.574. The highest BCUT2D eigenvalue weighted by atomic mass is 16.6. The standard InChI is InChI=1S/C16H15NO3/c18-15-12-5-1-3-10-4-2-6-13(14(10)12)16(19)17(15)8-7-11-9-20-11/h1-6,10-11,14H,7-9H2. The molecule has 0 N–H and O–H groups in total. The second-order valence-corrected chi connectivity index (χ2v) is 5.57. The Morgan fingerprint density at radius 2 is 1.70 bits per heavy atom. The summed E-state index contributed by atoms with van der Waals surface area (Å²) in [6.45, 7) is 1.19. The summed E-state index contributed by atoms with van der Waals surface area (Å²) in [5.74, 6) is -0.222. The summed E-state index contributed by atoms with van der Waals surface area (Å²) in [5, 5.41) is 0. The van der Waals surface area contributed by atoms with E-state index in [1.165, 1.54) is 4.90 Å². The van der Waals surface area contributed by atoms with E-state index in [0.717, 1.165) is 24.2 Å². The lowest BCUT2D eigenvalue weighted by molar-refractivity contribution is -0.142. The zero-order valence-electron chi connectivity index (χ0n) is 11.0. The summed E-state index contributed by atoms with van der Waals surface area (Å²) < 4.78 is 5.16. The van der Waals surface area contributed by atoms with E-state index in [-0.39, 0.29) is 29.8 Å². The van der Waals surface area contributed by atoms with Crippen LogP contribution in [0.25, 0.3) is 0 Å². The summed E-state index contributed by atoms with van der Waals surface area (Å²) in [6, 6.07) is 0. The normalized spacial score (nSPS) is 33.8. The summed E-state index contributed by atoms with van der Waals surface area (Å²) in [6.07, 6.45) is 12.6. The Morgan fingerprint density at radius 1 is 1.10 bits per heavy atom. The average Bonchev–Trinajstić information content (AvgIpc) is 3.28.